The highest BCUT2D eigenvalue weighted by atomic mass is 79.9. The van der Waals surface area contributed by atoms with E-state index in [2.05, 4.69) is 40.2 Å². The predicted molar refractivity (Wildman–Crippen MR) is 93.7 cm³/mol. The molecule has 1 aromatic heterocycles. The van der Waals surface area contributed by atoms with Crippen LogP contribution in [0.5, 0.6) is 0 Å². The minimum absolute atomic E-state index is 0.0771. The van der Waals surface area contributed by atoms with Crippen LogP contribution in [0.25, 0.3) is 0 Å². The van der Waals surface area contributed by atoms with Gasteiger partial charge in [-0.1, -0.05) is 41.9 Å². The van der Waals surface area contributed by atoms with Crippen LogP contribution in [0.4, 0.5) is 5.69 Å². The number of benzene rings is 1. The molecule has 0 aliphatic rings. The maximum absolute atomic E-state index is 12.0. The van der Waals surface area contributed by atoms with Gasteiger partial charge in [-0.3, -0.25) is 19.6 Å². The summed E-state index contributed by atoms with van der Waals surface area (Å²) in [6, 6.07) is 8.01. The largest absolute Gasteiger partial charge is 0.355 e. The highest BCUT2D eigenvalue weighted by molar-refractivity contribution is 9.10. The van der Waals surface area contributed by atoms with E-state index in [1.807, 2.05) is 24.3 Å². The number of halogens is 1. The molecule has 0 aliphatic heterocycles. The molecule has 7 nitrogen and oxygen atoms in total. The maximum Gasteiger partial charge on any atom is 0.306 e. The van der Waals surface area contributed by atoms with Crippen LogP contribution in [0.15, 0.2) is 41.1 Å². The molecule has 1 heterocycles. The highest BCUT2D eigenvalue weighted by Crippen LogP contribution is 2.24. The SMILES string of the molecule is CC(C)(CNC(=O)CCn1cc([N+](=O)[O-])cn1)c1ccc(Br)cc1. The monoisotopic (exact) mass is 394 g/mol. The summed E-state index contributed by atoms with van der Waals surface area (Å²) < 4.78 is 2.41. The lowest BCUT2D eigenvalue weighted by molar-refractivity contribution is -0.385. The van der Waals surface area contributed by atoms with Gasteiger partial charge in [-0.05, 0) is 17.7 Å². The molecule has 0 saturated carbocycles. The molecule has 1 N–H and O–H groups in total. The van der Waals surface area contributed by atoms with Crippen molar-refractivity contribution >= 4 is 27.5 Å². The second-order valence-corrected chi connectivity index (χ2v) is 7.05. The number of nitrogens with one attached hydrogen (secondary N) is 1. The van der Waals surface area contributed by atoms with Gasteiger partial charge in [0.15, 0.2) is 0 Å². The Morgan fingerprint density at radius 1 is 1.38 bits per heavy atom. The summed E-state index contributed by atoms with van der Waals surface area (Å²) >= 11 is 3.41. The average Bonchev–Trinajstić information content (AvgIpc) is 3.01. The summed E-state index contributed by atoms with van der Waals surface area (Å²) in [5.41, 5.74) is 0.862. The van der Waals surface area contributed by atoms with Crippen LogP contribution in [0.2, 0.25) is 0 Å². The zero-order valence-electron chi connectivity index (χ0n) is 13.5. The van der Waals surface area contributed by atoms with Gasteiger partial charge >= 0.3 is 5.69 Å². The molecule has 0 bridgehead atoms. The summed E-state index contributed by atoms with van der Waals surface area (Å²) in [6.45, 7) is 4.94. The lowest BCUT2D eigenvalue weighted by Gasteiger charge is -2.25. The topological polar surface area (TPSA) is 90.1 Å². The van der Waals surface area contributed by atoms with Crippen LogP contribution in [-0.4, -0.2) is 27.2 Å². The molecule has 8 heteroatoms. The van der Waals surface area contributed by atoms with Gasteiger partial charge < -0.3 is 5.32 Å². The average molecular weight is 395 g/mol. The van der Waals surface area contributed by atoms with Crippen molar-refractivity contribution in [3.63, 3.8) is 0 Å². The molecule has 0 atom stereocenters. The predicted octanol–water partition coefficient (Wildman–Crippen LogP) is 3.04. The van der Waals surface area contributed by atoms with Gasteiger partial charge in [0.25, 0.3) is 0 Å². The number of amides is 1. The number of rotatable bonds is 7. The Morgan fingerprint density at radius 2 is 2.04 bits per heavy atom. The smallest absolute Gasteiger partial charge is 0.306 e. The molecular formula is C16H19BrN4O3. The number of hydrogen-bond acceptors (Lipinski definition) is 4. The van der Waals surface area contributed by atoms with Crippen molar-refractivity contribution in [2.24, 2.45) is 0 Å². The van der Waals surface area contributed by atoms with Crippen molar-refractivity contribution in [1.82, 2.24) is 15.1 Å². The first-order valence-corrected chi connectivity index (χ1v) is 8.27. The van der Waals surface area contributed by atoms with Gasteiger partial charge in [-0.2, -0.15) is 5.10 Å². The normalized spacial score (nSPS) is 11.3. The van der Waals surface area contributed by atoms with Crippen LogP contribution in [0.1, 0.15) is 25.8 Å². The number of aryl methyl sites for hydroxylation is 1. The Morgan fingerprint density at radius 3 is 2.62 bits per heavy atom. The number of nitrogens with zero attached hydrogens (tertiary/aromatic N) is 3. The van der Waals surface area contributed by atoms with Crippen LogP contribution >= 0.6 is 15.9 Å². The van der Waals surface area contributed by atoms with E-state index >= 15 is 0 Å². The number of carbonyl (C=O) groups is 1. The Kier molecular flexibility index (Phi) is 5.71. The highest BCUT2D eigenvalue weighted by Gasteiger charge is 2.21. The van der Waals surface area contributed by atoms with Crippen LogP contribution in [-0.2, 0) is 16.8 Å². The molecule has 0 fully saturated rings. The first kappa shape index (κ1) is 18.1. The van der Waals surface area contributed by atoms with E-state index in [4.69, 9.17) is 0 Å². The molecule has 0 radical (unpaired) electrons. The van der Waals surface area contributed by atoms with Crippen molar-refractivity contribution in [2.75, 3.05) is 6.54 Å². The number of carbonyl (C=O) groups excluding carboxylic acids is 1. The third-order valence-electron chi connectivity index (χ3n) is 3.75. The van der Waals surface area contributed by atoms with Gasteiger partial charge in [0, 0.05) is 29.4 Å². The van der Waals surface area contributed by atoms with E-state index in [0.717, 1.165) is 10.0 Å². The Bertz CT molecular complexity index is 725. The molecular weight excluding hydrogens is 376 g/mol. The molecule has 0 spiro atoms. The molecule has 24 heavy (non-hydrogen) atoms. The minimum Gasteiger partial charge on any atom is -0.355 e. The zero-order valence-corrected chi connectivity index (χ0v) is 15.1. The van der Waals surface area contributed by atoms with Crippen LogP contribution < -0.4 is 5.32 Å². The Labute approximate surface area is 148 Å². The van der Waals surface area contributed by atoms with Crippen molar-refractivity contribution in [1.29, 1.82) is 0 Å². The number of hydrogen-bond donors (Lipinski definition) is 1. The number of nitro groups is 1. The second-order valence-electron chi connectivity index (χ2n) is 6.14. The van der Waals surface area contributed by atoms with Crippen molar-refractivity contribution in [3.8, 4) is 0 Å². The maximum atomic E-state index is 12.0. The van der Waals surface area contributed by atoms with E-state index in [1.54, 1.807) is 0 Å². The second kappa shape index (κ2) is 7.57. The summed E-state index contributed by atoms with van der Waals surface area (Å²) in [4.78, 5) is 22.1. The van der Waals surface area contributed by atoms with E-state index in [9.17, 15) is 14.9 Å². The van der Waals surface area contributed by atoms with E-state index in [0.29, 0.717) is 13.1 Å². The Hall–Kier alpha value is -2.22. The van der Waals surface area contributed by atoms with Gasteiger partial charge in [0.05, 0.1) is 4.92 Å². The Balaban J connectivity index is 1.83. The molecule has 0 aliphatic carbocycles. The molecule has 1 amide bonds. The van der Waals surface area contributed by atoms with Crippen molar-refractivity contribution < 1.29 is 9.72 Å². The molecule has 1 aromatic carbocycles. The lowest BCUT2D eigenvalue weighted by atomic mass is 9.84. The summed E-state index contributed by atoms with van der Waals surface area (Å²) in [5, 5.41) is 17.4. The van der Waals surface area contributed by atoms with Crippen LogP contribution in [0.3, 0.4) is 0 Å². The van der Waals surface area contributed by atoms with Gasteiger partial charge in [0.2, 0.25) is 5.91 Å². The lowest BCUT2D eigenvalue weighted by Crippen LogP contribution is -2.37. The van der Waals surface area contributed by atoms with Crippen molar-refractivity contribution in [2.45, 2.75) is 32.2 Å². The molecule has 128 valence electrons. The molecule has 2 rings (SSSR count). The van der Waals surface area contributed by atoms with Crippen LogP contribution in [0, 0.1) is 10.1 Å². The first-order chi connectivity index (χ1) is 11.3. The van der Waals surface area contributed by atoms with Gasteiger partial charge in [-0.15, -0.1) is 0 Å². The quantitative estimate of drug-likeness (QED) is 0.577. The fourth-order valence-corrected chi connectivity index (χ4v) is 2.46. The van der Waals surface area contributed by atoms with E-state index < -0.39 is 4.92 Å². The third kappa shape index (κ3) is 4.89. The van der Waals surface area contributed by atoms with E-state index in [-0.39, 0.29) is 23.4 Å². The molecule has 0 saturated heterocycles. The fraction of sp³-hybridized carbons (Fsp3) is 0.375. The van der Waals surface area contributed by atoms with Gasteiger partial charge in [0.1, 0.15) is 12.4 Å². The molecule has 2 aromatic rings. The fourth-order valence-electron chi connectivity index (χ4n) is 2.20. The standard InChI is InChI=1S/C16H19BrN4O3/c1-16(2,12-3-5-13(17)6-4-12)11-18-15(22)7-8-20-10-14(9-19-20)21(23)24/h3-6,9-10H,7-8,11H2,1-2H3,(H,18,22). The minimum atomic E-state index is -0.510. The summed E-state index contributed by atoms with van der Waals surface area (Å²) in [7, 11) is 0. The third-order valence-corrected chi connectivity index (χ3v) is 4.28. The molecule has 0 unspecified atom stereocenters. The first-order valence-electron chi connectivity index (χ1n) is 7.47. The summed E-state index contributed by atoms with van der Waals surface area (Å²) in [5.74, 6) is -0.113. The number of aromatic nitrogens is 2. The van der Waals surface area contributed by atoms with E-state index in [1.165, 1.54) is 17.1 Å². The zero-order chi connectivity index (χ0) is 17.7. The van der Waals surface area contributed by atoms with Crippen molar-refractivity contribution in [3.05, 3.63) is 56.8 Å². The van der Waals surface area contributed by atoms with Gasteiger partial charge in [-0.25, -0.2) is 0 Å². The summed E-state index contributed by atoms with van der Waals surface area (Å²) in [6.07, 6.45) is 2.71.